The van der Waals surface area contributed by atoms with Crippen LogP contribution < -0.4 is 0 Å². The smallest absolute Gasteiger partial charge is 0.0889 e. The molecule has 80 valence electrons. The van der Waals surface area contributed by atoms with Crippen LogP contribution >= 0.6 is 27.5 Å². The first kappa shape index (κ1) is 11.0. The number of hydrogen-bond acceptors (Lipinski definition) is 0. The van der Waals surface area contributed by atoms with Gasteiger partial charge in [-0.25, -0.2) is 0 Å². The highest BCUT2D eigenvalue weighted by Crippen LogP contribution is 2.33. The lowest BCUT2D eigenvalue weighted by atomic mass is 10.2. The fourth-order valence-electron chi connectivity index (χ4n) is 1.92. The number of nitrogens with zero attached hydrogens (tertiary/aromatic N) is 1. The lowest BCUT2D eigenvalue weighted by molar-refractivity contribution is 0.610. The first-order valence-corrected chi connectivity index (χ1v) is 6.15. The fourth-order valence-corrected chi connectivity index (χ4v) is 2.90. The number of rotatable bonds is 1. The molecule has 0 amide bonds. The molecule has 15 heavy (non-hydrogen) atoms. The van der Waals surface area contributed by atoms with Crippen molar-refractivity contribution < 1.29 is 0 Å². The zero-order valence-electron chi connectivity index (χ0n) is 9.01. The second-order valence-electron chi connectivity index (χ2n) is 4.04. The topological polar surface area (TPSA) is 4.93 Å². The van der Waals surface area contributed by atoms with E-state index in [0.29, 0.717) is 6.04 Å². The van der Waals surface area contributed by atoms with E-state index in [0.717, 1.165) is 9.63 Å². The monoisotopic (exact) mass is 285 g/mol. The SMILES string of the molecule is Cc1c(Br)n(C(C)C)c2cc(Cl)ccc12. The first-order chi connectivity index (χ1) is 7.02. The molecule has 0 spiro atoms. The molecule has 0 saturated carbocycles. The van der Waals surface area contributed by atoms with Gasteiger partial charge in [-0.2, -0.15) is 0 Å². The van der Waals surface area contributed by atoms with Crippen molar-refractivity contribution in [3.63, 3.8) is 0 Å². The zero-order valence-corrected chi connectivity index (χ0v) is 11.4. The van der Waals surface area contributed by atoms with Gasteiger partial charge in [0, 0.05) is 16.5 Å². The van der Waals surface area contributed by atoms with E-state index in [4.69, 9.17) is 11.6 Å². The van der Waals surface area contributed by atoms with Crippen molar-refractivity contribution in [3.8, 4) is 0 Å². The van der Waals surface area contributed by atoms with Gasteiger partial charge in [0.1, 0.15) is 0 Å². The molecule has 3 heteroatoms. The largest absolute Gasteiger partial charge is 0.332 e. The molecule has 0 saturated heterocycles. The van der Waals surface area contributed by atoms with Gasteiger partial charge in [0.25, 0.3) is 0 Å². The Bertz CT molecular complexity index is 514. The summed E-state index contributed by atoms with van der Waals surface area (Å²) in [6, 6.07) is 6.47. The number of aryl methyl sites for hydroxylation is 1. The number of fused-ring (bicyclic) bond motifs is 1. The molecule has 0 aliphatic heterocycles. The number of hydrogen-bond donors (Lipinski definition) is 0. The highest BCUT2D eigenvalue weighted by molar-refractivity contribution is 9.10. The summed E-state index contributed by atoms with van der Waals surface area (Å²) in [5.41, 5.74) is 2.47. The molecule has 2 aromatic rings. The maximum Gasteiger partial charge on any atom is 0.0889 e. The summed E-state index contributed by atoms with van der Waals surface area (Å²) in [4.78, 5) is 0. The zero-order chi connectivity index (χ0) is 11.2. The van der Waals surface area contributed by atoms with Crippen LogP contribution in [0, 0.1) is 6.92 Å². The van der Waals surface area contributed by atoms with Gasteiger partial charge < -0.3 is 4.57 Å². The molecule has 0 aliphatic rings. The summed E-state index contributed by atoms with van der Waals surface area (Å²) < 4.78 is 3.41. The second kappa shape index (κ2) is 3.84. The Morgan fingerprint density at radius 2 is 2.00 bits per heavy atom. The summed E-state index contributed by atoms with van der Waals surface area (Å²) in [7, 11) is 0. The summed E-state index contributed by atoms with van der Waals surface area (Å²) in [6.07, 6.45) is 0. The van der Waals surface area contributed by atoms with Crippen molar-refractivity contribution in [2.75, 3.05) is 0 Å². The van der Waals surface area contributed by atoms with Crippen LogP contribution in [0.2, 0.25) is 5.02 Å². The molecular weight excluding hydrogens is 273 g/mol. The third kappa shape index (κ3) is 1.70. The molecule has 1 heterocycles. The Kier molecular flexibility index (Phi) is 2.82. The van der Waals surface area contributed by atoms with E-state index in [1.807, 2.05) is 12.1 Å². The standard InChI is InChI=1S/C12H13BrClN/c1-7(2)15-11-6-9(14)4-5-10(11)8(3)12(15)13/h4-7H,1-3H3. The van der Waals surface area contributed by atoms with Crippen LogP contribution in [0.3, 0.4) is 0 Å². The second-order valence-corrected chi connectivity index (χ2v) is 5.23. The van der Waals surface area contributed by atoms with Crippen molar-refractivity contribution in [1.29, 1.82) is 0 Å². The van der Waals surface area contributed by atoms with E-state index in [9.17, 15) is 0 Å². The van der Waals surface area contributed by atoms with Gasteiger partial charge in [-0.05, 0) is 54.4 Å². The quantitative estimate of drug-likeness (QED) is 0.699. The van der Waals surface area contributed by atoms with Gasteiger partial charge in [0.2, 0.25) is 0 Å². The minimum atomic E-state index is 0.425. The van der Waals surface area contributed by atoms with Crippen molar-refractivity contribution in [2.24, 2.45) is 0 Å². The molecule has 0 aliphatic carbocycles. The summed E-state index contributed by atoms with van der Waals surface area (Å²) in [6.45, 7) is 6.47. The average molecular weight is 287 g/mol. The molecule has 0 unspecified atom stereocenters. The third-order valence-corrected chi connectivity index (χ3v) is 3.87. The molecule has 0 atom stereocenters. The molecule has 1 aromatic heterocycles. The lowest BCUT2D eigenvalue weighted by Gasteiger charge is -2.11. The first-order valence-electron chi connectivity index (χ1n) is 4.98. The van der Waals surface area contributed by atoms with E-state index < -0.39 is 0 Å². The lowest BCUT2D eigenvalue weighted by Crippen LogP contribution is -2.00. The average Bonchev–Trinajstić information content (AvgIpc) is 2.39. The van der Waals surface area contributed by atoms with E-state index in [-0.39, 0.29) is 0 Å². The Hall–Kier alpha value is -0.470. The normalized spacial score (nSPS) is 11.6. The van der Waals surface area contributed by atoms with E-state index >= 15 is 0 Å². The Labute approximate surface area is 103 Å². The van der Waals surface area contributed by atoms with Crippen LogP contribution in [0.1, 0.15) is 25.5 Å². The van der Waals surface area contributed by atoms with Crippen LogP contribution in [-0.4, -0.2) is 4.57 Å². The Balaban J connectivity index is 2.88. The Morgan fingerprint density at radius 3 is 2.60 bits per heavy atom. The molecule has 0 bridgehead atoms. The molecule has 1 aromatic carbocycles. The molecule has 0 fully saturated rings. The Morgan fingerprint density at radius 1 is 1.33 bits per heavy atom. The van der Waals surface area contributed by atoms with Gasteiger partial charge in [-0.1, -0.05) is 17.7 Å². The maximum atomic E-state index is 6.03. The van der Waals surface area contributed by atoms with Crippen molar-refractivity contribution in [1.82, 2.24) is 4.57 Å². The van der Waals surface area contributed by atoms with E-state index in [2.05, 4.69) is 47.3 Å². The van der Waals surface area contributed by atoms with Gasteiger partial charge in [-0.3, -0.25) is 0 Å². The predicted molar refractivity (Wildman–Crippen MR) is 69.8 cm³/mol. The molecule has 1 nitrogen and oxygen atoms in total. The minimum absolute atomic E-state index is 0.425. The third-order valence-electron chi connectivity index (χ3n) is 2.66. The van der Waals surface area contributed by atoms with Gasteiger partial charge in [0.15, 0.2) is 0 Å². The highest BCUT2D eigenvalue weighted by atomic mass is 79.9. The fraction of sp³-hybridized carbons (Fsp3) is 0.333. The summed E-state index contributed by atoms with van der Waals surface area (Å²) in [5, 5.41) is 2.05. The van der Waals surface area contributed by atoms with Gasteiger partial charge in [-0.15, -0.1) is 0 Å². The van der Waals surface area contributed by atoms with Crippen LogP contribution in [0.4, 0.5) is 0 Å². The van der Waals surface area contributed by atoms with Gasteiger partial charge in [0.05, 0.1) is 10.1 Å². The van der Waals surface area contributed by atoms with E-state index in [1.165, 1.54) is 16.5 Å². The predicted octanol–water partition coefficient (Wildman–Crippen LogP) is 4.95. The maximum absolute atomic E-state index is 6.03. The highest BCUT2D eigenvalue weighted by Gasteiger charge is 2.13. The molecule has 0 radical (unpaired) electrons. The van der Waals surface area contributed by atoms with Crippen LogP contribution in [0.25, 0.3) is 10.9 Å². The van der Waals surface area contributed by atoms with Crippen molar-refractivity contribution >= 4 is 38.4 Å². The number of aromatic nitrogens is 1. The number of halogens is 2. The summed E-state index contributed by atoms with van der Waals surface area (Å²) >= 11 is 9.67. The van der Waals surface area contributed by atoms with E-state index in [1.54, 1.807) is 0 Å². The number of benzene rings is 1. The molecule has 0 N–H and O–H groups in total. The van der Waals surface area contributed by atoms with Crippen LogP contribution in [-0.2, 0) is 0 Å². The van der Waals surface area contributed by atoms with Gasteiger partial charge >= 0.3 is 0 Å². The summed E-state index contributed by atoms with van der Waals surface area (Å²) in [5.74, 6) is 0. The molecular formula is C12H13BrClN. The van der Waals surface area contributed by atoms with Crippen molar-refractivity contribution in [3.05, 3.63) is 33.4 Å². The minimum Gasteiger partial charge on any atom is -0.332 e. The molecule has 2 rings (SSSR count). The van der Waals surface area contributed by atoms with Crippen molar-refractivity contribution in [2.45, 2.75) is 26.8 Å². The van der Waals surface area contributed by atoms with Crippen LogP contribution in [0.5, 0.6) is 0 Å². The van der Waals surface area contributed by atoms with Crippen LogP contribution in [0.15, 0.2) is 22.8 Å².